The van der Waals surface area contributed by atoms with E-state index < -0.39 is 0 Å². The monoisotopic (exact) mass is 219 g/mol. The van der Waals surface area contributed by atoms with Crippen LogP contribution >= 0.6 is 0 Å². The van der Waals surface area contributed by atoms with E-state index in [0.29, 0.717) is 6.04 Å². The molecule has 0 aromatic heterocycles. The SMILES string of the molecule is CC1CCCCN1Cc1ccc(CO)cc1. The van der Waals surface area contributed by atoms with Crippen molar-refractivity contribution in [2.75, 3.05) is 6.54 Å². The van der Waals surface area contributed by atoms with Gasteiger partial charge in [0.05, 0.1) is 6.61 Å². The van der Waals surface area contributed by atoms with Gasteiger partial charge in [-0.3, -0.25) is 4.90 Å². The first kappa shape index (κ1) is 11.6. The zero-order chi connectivity index (χ0) is 11.4. The third kappa shape index (κ3) is 2.83. The molecule has 1 aromatic carbocycles. The number of rotatable bonds is 3. The first-order valence-electron chi connectivity index (χ1n) is 6.22. The van der Waals surface area contributed by atoms with Gasteiger partial charge in [0.1, 0.15) is 0 Å². The van der Waals surface area contributed by atoms with Crippen molar-refractivity contribution >= 4 is 0 Å². The van der Waals surface area contributed by atoms with Crippen LogP contribution in [-0.2, 0) is 13.2 Å². The second kappa shape index (κ2) is 5.46. The molecule has 16 heavy (non-hydrogen) atoms. The molecule has 1 aliphatic rings. The molecule has 0 amide bonds. The number of nitrogens with zero attached hydrogens (tertiary/aromatic N) is 1. The van der Waals surface area contributed by atoms with E-state index in [1.807, 2.05) is 12.1 Å². The number of benzene rings is 1. The summed E-state index contributed by atoms with van der Waals surface area (Å²) in [6, 6.07) is 9.01. The molecule has 0 radical (unpaired) electrons. The van der Waals surface area contributed by atoms with Crippen molar-refractivity contribution < 1.29 is 5.11 Å². The highest BCUT2D eigenvalue weighted by atomic mass is 16.3. The zero-order valence-electron chi connectivity index (χ0n) is 10.0. The Bertz CT molecular complexity index is 320. The molecule has 1 aliphatic heterocycles. The van der Waals surface area contributed by atoms with Crippen molar-refractivity contribution in [1.82, 2.24) is 4.90 Å². The molecular formula is C14H21NO. The number of likely N-dealkylation sites (tertiary alicyclic amines) is 1. The topological polar surface area (TPSA) is 23.5 Å². The van der Waals surface area contributed by atoms with Crippen LogP contribution < -0.4 is 0 Å². The molecule has 1 atom stereocenters. The zero-order valence-corrected chi connectivity index (χ0v) is 10.0. The second-order valence-electron chi connectivity index (χ2n) is 4.79. The van der Waals surface area contributed by atoms with Crippen LogP contribution in [0.3, 0.4) is 0 Å². The van der Waals surface area contributed by atoms with Gasteiger partial charge in [0.15, 0.2) is 0 Å². The third-order valence-corrected chi connectivity index (χ3v) is 3.53. The molecule has 1 N–H and O–H groups in total. The van der Waals surface area contributed by atoms with Crippen molar-refractivity contribution in [1.29, 1.82) is 0 Å². The molecule has 1 fully saturated rings. The predicted octanol–water partition coefficient (Wildman–Crippen LogP) is 2.55. The van der Waals surface area contributed by atoms with Crippen LogP contribution in [0, 0.1) is 0 Å². The van der Waals surface area contributed by atoms with Crippen molar-refractivity contribution in [3.05, 3.63) is 35.4 Å². The van der Waals surface area contributed by atoms with Crippen LogP contribution in [0.1, 0.15) is 37.3 Å². The predicted molar refractivity (Wildman–Crippen MR) is 66.1 cm³/mol. The lowest BCUT2D eigenvalue weighted by molar-refractivity contribution is 0.152. The molecule has 1 unspecified atom stereocenters. The molecule has 1 saturated heterocycles. The van der Waals surface area contributed by atoms with E-state index >= 15 is 0 Å². The maximum atomic E-state index is 8.98. The van der Waals surface area contributed by atoms with E-state index in [0.717, 1.165) is 12.1 Å². The standard InChI is InChI=1S/C14H21NO/c1-12-4-2-3-9-15(12)10-13-5-7-14(11-16)8-6-13/h5-8,12,16H,2-4,9-11H2,1H3. The summed E-state index contributed by atoms with van der Waals surface area (Å²) in [4.78, 5) is 2.55. The molecule has 0 bridgehead atoms. The lowest BCUT2D eigenvalue weighted by Gasteiger charge is -2.33. The minimum Gasteiger partial charge on any atom is -0.392 e. The Kier molecular flexibility index (Phi) is 3.97. The van der Waals surface area contributed by atoms with Gasteiger partial charge in [-0.05, 0) is 37.4 Å². The average Bonchev–Trinajstić information content (AvgIpc) is 2.33. The fourth-order valence-corrected chi connectivity index (χ4v) is 2.38. The Morgan fingerprint density at radius 2 is 1.88 bits per heavy atom. The normalized spacial score (nSPS) is 22.2. The van der Waals surface area contributed by atoms with Crippen LogP contribution in [0.15, 0.2) is 24.3 Å². The Hall–Kier alpha value is -0.860. The lowest BCUT2D eigenvalue weighted by atomic mass is 10.0. The third-order valence-electron chi connectivity index (χ3n) is 3.53. The Labute approximate surface area is 97.9 Å². The van der Waals surface area contributed by atoms with Gasteiger partial charge in [-0.25, -0.2) is 0 Å². The largest absolute Gasteiger partial charge is 0.392 e. The Morgan fingerprint density at radius 1 is 1.19 bits per heavy atom. The van der Waals surface area contributed by atoms with Crippen LogP contribution in [0.5, 0.6) is 0 Å². The van der Waals surface area contributed by atoms with E-state index in [1.54, 1.807) is 0 Å². The van der Waals surface area contributed by atoms with Gasteiger partial charge >= 0.3 is 0 Å². The molecule has 88 valence electrons. The quantitative estimate of drug-likeness (QED) is 0.844. The highest BCUT2D eigenvalue weighted by Crippen LogP contribution is 2.19. The maximum absolute atomic E-state index is 8.98. The summed E-state index contributed by atoms with van der Waals surface area (Å²) < 4.78 is 0. The van der Waals surface area contributed by atoms with Crippen molar-refractivity contribution in [3.63, 3.8) is 0 Å². The molecular weight excluding hydrogens is 198 g/mol. The number of hydrogen-bond acceptors (Lipinski definition) is 2. The lowest BCUT2D eigenvalue weighted by Crippen LogP contribution is -2.36. The minimum absolute atomic E-state index is 0.139. The van der Waals surface area contributed by atoms with Crippen LogP contribution in [0.4, 0.5) is 0 Å². The van der Waals surface area contributed by atoms with Gasteiger partial charge in [0.2, 0.25) is 0 Å². The second-order valence-corrected chi connectivity index (χ2v) is 4.79. The first-order valence-corrected chi connectivity index (χ1v) is 6.22. The number of hydrogen-bond donors (Lipinski definition) is 1. The van der Waals surface area contributed by atoms with Gasteiger partial charge < -0.3 is 5.11 Å². The van der Waals surface area contributed by atoms with Crippen molar-refractivity contribution in [2.24, 2.45) is 0 Å². The van der Waals surface area contributed by atoms with E-state index in [9.17, 15) is 0 Å². The van der Waals surface area contributed by atoms with Crippen molar-refractivity contribution in [3.8, 4) is 0 Å². The molecule has 2 heteroatoms. The summed E-state index contributed by atoms with van der Waals surface area (Å²) in [5.41, 5.74) is 2.35. The van der Waals surface area contributed by atoms with Crippen LogP contribution in [-0.4, -0.2) is 22.6 Å². The van der Waals surface area contributed by atoms with Gasteiger partial charge in [-0.1, -0.05) is 30.7 Å². The summed E-state index contributed by atoms with van der Waals surface area (Å²) in [5, 5.41) is 8.98. The summed E-state index contributed by atoms with van der Waals surface area (Å²) in [7, 11) is 0. The highest BCUT2D eigenvalue weighted by Gasteiger charge is 2.17. The molecule has 0 saturated carbocycles. The summed E-state index contributed by atoms with van der Waals surface area (Å²) >= 11 is 0. The molecule has 1 aromatic rings. The van der Waals surface area contributed by atoms with Crippen molar-refractivity contribution in [2.45, 2.75) is 45.4 Å². The summed E-state index contributed by atoms with van der Waals surface area (Å²) in [6.07, 6.45) is 4.04. The summed E-state index contributed by atoms with van der Waals surface area (Å²) in [6.45, 7) is 4.73. The van der Waals surface area contributed by atoms with Crippen LogP contribution in [0.25, 0.3) is 0 Å². The minimum atomic E-state index is 0.139. The van der Waals surface area contributed by atoms with Gasteiger partial charge in [0.25, 0.3) is 0 Å². The number of aliphatic hydroxyl groups is 1. The van der Waals surface area contributed by atoms with E-state index in [-0.39, 0.29) is 6.61 Å². The molecule has 0 spiro atoms. The maximum Gasteiger partial charge on any atom is 0.0681 e. The van der Waals surface area contributed by atoms with Gasteiger partial charge in [0, 0.05) is 12.6 Å². The smallest absolute Gasteiger partial charge is 0.0681 e. The fraction of sp³-hybridized carbons (Fsp3) is 0.571. The number of aliphatic hydroxyl groups excluding tert-OH is 1. The molecule has 0 aliphatic carbocycles. The number of piperidine rings is 1. The molecule has 2 nitrogen and oxygen atoms in total. The summed E-state index contributed by atoms with van der Waals surface area (Å²) in [5.74, 6) is 0. The van der Waals surface area contributed by atoms with Crippen LogP contribution in [0.2, 0.25) is 0 Å². The highest BCUT2D eigenvalue weighted by molar-refractivity contribution is 5.22. The fourth-order valence-electron chi connectivity index (χ4n) is 2.38. The average molecular weight is 219 g/mol. The van der Waals surface area contributed by atoms with Gasteiger partial charge in [-0.15, -0.1) is 0 Å². The first-order chi connectivity index (χ1) is 7.79. The molecule has 2 rings (SSSR count). The van der Waals surface area contributed by atoms with E-state index in [4.69, 9.17) is 5.11 Å². The van der Waals surface area contributed by atoms with E-state index in [1.165, 1.54) is 31.4 Å². The Morgan fingerprint density at radius 3 is 2.50 bits per heavy atom. The van der Waals surface area contributed by atoms with Gasteiger partial charge in [-0.2, -0.15) is 0 Å². The Balaban J connectivity index is 1.96. The molecule has 1 heterocycles. The van der Waals surface area contributed by atoms with E-state index in [2.05, 4.69) is 24.0 Å².